The SMILES string of the molecule is COc1ccccc1OC(C)C(=O)N1CCC(N)CC1. The smallest absolute Gasteiger partial charge is 0.263 e. The van der Waals surface area contributed by atoms with Crippen LogP contribution in [0.3, 0.4) is 0 Å². The van der Waals surface area contributed by atoms with Crippen LogP contribution in [-0.4, -0.2) is 43.2 Å². The van der Waals surface area contributed by atoms with Crippen LogP contribution in [0.2, 0.25) is 0 Å². The summed E-state index contributed by atoms with van der Waals surface area (Å²) >= 11 is 0. The molecular formula is C15H22N2O3. The van der Waals surface area contributed by atoms with Gasteiger partial charge in [0.2, 0.25) is 0 Å². The molecule has 2 N–H and O–H groups in total. The molecule has 5 heteroatoms. The van der Waals surface area contributed by atoms with Crippen LogP contribution in [0.5, 0.6) is 11.5 Å². The number of nitrogens with zero attached hydrogens (tertiary/aromatic N) is 1. The van der Waals surface area contributed by atoms with Gasteiger partial charge in [0.25, 0.3) is 5.91 Å². The molecule has 1 atom stereocenters. The van der Waals surface area contributed by atoms with Gasteiger partial charge in [-0.05, 0) is 31.9 Å². The molecule has 1 amide bonds. The van der Waals surface area contributed by atoms with Gasteiger partial charge in [-0.1, -0.05) is 12.1 Å². The number of nitrogens with two attached hydrogens (primary N) is 1. The maximum absolute atomic E-state index is 12.3. The Hall–Kier alpha value is -1.75. The highest BCUT2D eigenvalue weighted by atomic mass is 16.5. The number of amides is 1. The number of likely N-dealkylation sites (tertiary alicyclic amines) is 1. The minimum absolute atomic E-state index is 0.00260. The first-order valence-electron chi connectivity index (χ1n) is 6.96. The number of rotatable bonds is 4. The second-order valence-electron chi connectivity index (χ2n) is 5.07. The largest absolute Gasteiger partial charge is 0.493 e. The Morgan fingerprint density at radius 2 is 1.90 bits per heavy atom. The highest BCUT2D eigenvalue weighted by molar-refractivity contribution is 5.81. The summed E-state index contributed by atoms with van der Waals surface area (Å²) in [7, 11) is 1.58. The van der Waals surface area contributed by atoms with Crippen molar-refractivity contribution >= 4 is 5.91 Å². The third kappa shape index (κ3) is 3.42. The Labute approximate surface area is 119 Å². The minimum atomic E-state index is -0.527. The van der Waals surface area contributed by atoms with E-state index in [2.05, 4.69) is 0 Å². The lowest BCUT2D eigenvalue weighted by molar-refractivity contribution is -0.139. The summed E-state index contributed by atoms with van der Waals surface area (Å²) in [6.07, 6.45) is 1.18. The number of piperidine rings is 1. The number of para-hydroxylation sites is 2. The van der Waals surface area contributed by atoms with Crippen molar-refractivity contribution in [1.82, 2.24) is 4.90 Å². The number of hydrogen-bond donors (Lipinski definition) is 1. The molecule has 1 aliphatic rings. The fourth-order valence-corrected chi connectivity index (χ4v) is 2.33. The van der Waals surface area contributed by atoms with Gasteiger partial charge >= 0.3 is 0 Å². The number of carbonyl (C=O) groups excluding carboxylic acids is 1. The average molecular weight is 278 g/mol. The highest BCUT2D eigenvalue weighted by Crippen LogP contribution is 2.27. The molecule has 1 aromatic rings. The standard InChI is InChI=1S/C15H22N2O3/c1-11(15(18)17-9-7-12(16)8-10-17)20-14-6-4-3-5-13(14)19-2/h3-6,11-12H,7-10,16H2,1-2H3. The average Bonchev–Trinajstić information content (AvgIpc) is 2.48. The lowest BCUT2D eigenvalue weighted by Gasteiger charge is -2.32. The predicted octanol–water partition coefficient (Wildman–Crippen LogP) is 1.41. The first kappa shape index (κ1) is 14.7. The maximum atomic E-state index is 12.3. The highest BCUT2D eigenvalue weighted by Gasteiger charge is 2.26. The lowest BCUT2D eigenvalue weighted by Crippen LogP contribution is -2.47. The van der Waals surface area contributed by atoms with Gasteiger partial charge in [-0.15, -0.1) is 0 Å². The second kappa shape index (κ2) is 6.61. The molecule has 110 valence electrons. The van der Waals surface area contributed by atoms with Crippen molar-refractivity contribution in [2.24, 2.45) is 5.73 Å². The molecule has 1 unspecified atom stereocenters. The molecule has 20 heavy (non-hydrogen) atoms. The van der Waals surface area contributed by atoms with Gasteiger partial charge in [0, 0.05) is 19.1 Å². The summed E-state index contributed by atoms with van der Waals surface area (Å²) in [6, 6.07) is 7.55. The molecule has 0 saturated carbocycles. The van der Waals surface area contributed by atoms with E-state index in [-0.39, 0.29) is 11.9 Å². The Morgan fingerprint density at radius 3 is 2.50 bits per heavy atom. The van der Waals surface area contributed by atoms with Gasteiger partial charge in [-0.25, -0.2) is 0 Å². The van der Waals surface area contributed by atoms with Crippen LogP contribution in [0, 0.1) is 0 Å². The molecule has 0 spiro atoms. The van der Waals surface area contributed by atoms with E-state index < -0.39 is 6.10 Å². The van der Waals surface area contributed by atoms with Crippen molar-refractivity contribution in [2.45, 2.75) is 31.9 Å². The van der Waals surface area contributed by atoms with E-state index in [4.69, 9.17) is 15.2 Å². The quantitative estimate of drug-likeness (QED) is 0.904. The van der Waals surface area contributed by atoms with E-state index in [1.165, 1.54) is 0 Å². The van der Waals surface area contributed by atoms with Gasteiger partial charge in [0.05, 0.1) is 7.11 Å². The number of carbonyl (C=O) groups is 1. The predicted molar refractivity (Wildman–Crippen MR) is 76.9 cm³/mol. The van der Waals surface area contributed by atoms with E-state index in [1.54, 1.807) is 20.1 Å². The van der Waals surface area contributed by atoms with Crippen LogP contribution < -0.4 is 15.2 Å². The minimum Gasteiger partial charge on any atom is -0.493 e. The first-order chi connectivity index (χ1) is 9.61. The van der Waals surface area contributed by atoms with Crippen molar-refractivity contribution in [2.75, 3.05) is 20.2 Å². The third-order valence-corrected chi connectivity index (χ3v) is 3.57. The van der Waals surface area contributed by atoms with E-state index in [0.717, 1.165) is 12.8 Å². The van der Waals surface area contributed by atoms with Crippen LogP contribution >= 0.6 is 0 Å². The molecule has 0 aliphatic carbocycles. The molecule has 0 radical (unpaired) electrons. The third-order valence-electron chi connectivity index (χ3n) is 3.57. The molecule has 1 fully saturated rings. The normalized spacial score (nSPS) is 17.6. The van der Waals surface area contributed by atoms with Crippen molar-refractivity contribution in [1.29, 1.82) is 0 Å². The van der Waals surface area contributed by atoms with Gasteiger partial charge in [-0.3, -0.25) is 4.79 Å². The zero-order valence-corrected chi connectivity index (χ0v) is 12.0. The molecule has 1 heterocycles. The summed E-state index contributed by atoms with van der Waals surface area (Å²) in [5, 5.41) is 0. The molecule has 0 aromatic heterocycles. The Kier molecular flexibility index (Phi) is 4.84. The molecule has 1 saturated heterocycles. The van der Waals surface area contributed by atoms with Crippen molar-refractivity contribution in [3.63, 3.8) is 0 Å². The van der Waals surface area contributed by atoms with Crippen LogP contribution in [0.4, 0.5) is 0 Å². The summed E-state index contributed by atoms with van der Waals surface area (Å²) < 4.78 is 10.9. The molecule has 5 nitrogen and oxygen atoms in total. The Balaban J connectivity index is 1.97. The summed E-state index contributed by atoms with van der Waals surface area (Å²) in [5.41, 5.74) is 5.85. The summed E-state index contributed by atoms with van der Waals surface area (Å²) in [6.45, 7) is 3.18. The van der Waals surface area contributed by atoms with E-state index >= 15 is 0 Å². The van der Waals surface area contributed by atoms with E-state index in [9.17, 15) is 4.79 Å². The van der Waals surface area contributed by atoms with Gasteiger partial charge in [0.15, 0.2) is 17.6 Å². The lowest BCUT2D eigenvalue weighted by atomic mass is 10.1. The summed E-state index contributed by atoms with van der Waals surface area (Å²) in [4.78, 5) is 14.2. The zero-order valence-electron chi connectivity index (χ0n) is 12.0. The number of benzene rings is 1. The van der Waals surface area contributed by atoms with Crippen LogP contribution in [0.1, 0.15) is 19.8 Å². The monoisotopic (exact) mass is 278 g/mol. The zero-order chi connectivity index (χ0) is 14.5. The van der Waals surface area contributed by atoms with Crippen molar-refractivity contribution in [3.05, 3.63) is 24.3 Å². The van der Waals surface area contributed by atoms with Crippen LogP contribution in [0.15, 0.2) is 24.3 Å². The van der Waals surface area contributed by atoms with Crippen LogP contribution in [0.25, 0.3) is 0 Å². The molecule has 1 aliphatic heterocycles. The number of hydrogen-bond acceptors (Lipinski definition) is 4. The molecule has 2 rings (SSSR count). The van der Waals surface area contributed by atoms with Crippen molar-refractivity contribution in [3.8, 4) is 11.5 Å². The Bertz CT molecular complexity index is 456. The maximum Gasteiger partial charge on any atom is 0.263 e. The number of methoxy groups -OCH3 is 1. The fourth-order valence-electron chi connectivity index (χ4n) is 2.33. The topological polar surface area (TPSA) is 64.8 Å². The van der Waals surface area contributed by atoms with Crippen LogP contribution in [-0.2, 0) is 4.79 Å². The molecule has 1 aromatic carbocycles. The van der Waals surface area contributed by atoms with E-state index in [1.807, 2.05) is 23.1 Å². The number of ether oxygens (including phenoxy) is 2. The van der Waals surface area contributed by atoms with E-state index in [0.29, 0.717) is 24.6 Å². The van der Waals surface area contributed by atoms with Gasteiger partial charge < -0.3 is 20.1 Å². The molecule has 0 bridgehead atoms. The van der Waals surface area contributed by atoms with Gasteiger partial charge in [-0.2, -0.15) is 0 Å². The fraction of sp³-hybridized carbons (Fsp3) is 0.533. The first-order valence-corrected chi connectivity index (χ1v) is 6.96. The Morgan fingerprint density at radius 1 is 1.30 bits per heavy atom. The van der Waals surface area contributed by atoms with Crippen molar-refractivity contribution < 1.29 is 14.3 Å². The van der Waals surface area contributed by atoms with Gasteiger partial charge in [0.1, 0.15) is 0 Å². The second-order valence-corrected chi connectivity index (χ2v) is 5.07. The summed E-state index contributed by atoms with van der Waals surface area (Å²) in [5.74, 6) is 1.22. The molecular weight excluding hydrogens is 256 g/mol.